The van der Waals surface area contributed by atoms with E-state index in [0.717, 1.165) is 12.8 Å². The Morgan fingerprint density at radius 3 is 2.50 bits per heavy atom. The topological polar surface area (TPSA) is 113 Å². The van der Waals surface area contributed by atoms with E-state index in [1.807, 2.05) is 13.8 Å². The molecule has 1 amide bonds. The maximum atomic E-state index is 12.3. The minimum Gasteiger partial charge on any atom is -0.480 e. The number of carboxylic acids is 1. The van der Waals surface area contributed by atoms with Crippen molar-refractivity contribution in [2.45, 2.75) is 50.1 Å². The van der Waals surface area contributed by atoms with Gasteiger partial charge in [-0.2, -0.15) is 0 Å². The van der Waals surface area contributed by atoms with Gasteiger partial charge >= 0.3 is 5.97 Å². The number of hydrogen-bond donors (Lipinski definition) is 3. The number of nitrogens with one attached hydrogen (secondary N) is 2. The predicted molar refractivity (Wildman–Crippen MR) is 88.1 cm³/mol. The summed E-state index contributed by atoms with van der Waals surface area (Å²) < 4.78 is 26.9. The minimum absolute atomic E-state index is 0.00205. The fourth-order valence-corrected chi connectivity index (χ4v) is 3.58. The zero-order valence-corrected chi connectivity index (χ0v) is 14.5. The number of carboxylic acid groups (broad SMARTS) is 1. The molecule has 1 aliphatic carbocycles. The van der Waals surface area contributed by atoms with Crippen molar-refractivity contribution in [1.82, 2.24) is 10.0 Å². The normalized spacial score (nSPS) is 16.0. The van der Waals surface area contributed by atoms with Gasteiger partial charge in [-0.1, -0.05) is 19.9 Å². The Hall–Kier alpha value is -1.93. The van der Waals surface area contributed by atoms with Gasteiger partial charge in [0.15, 0.2) is 0 Å². The van der Waals surface area contributed by atoms with Crippen LogP contribution in [0, 0.1) is 5.92 Å². The Morgan fingerprint density at radius 1 is 1.29 bits per heavy atom. The van der Waals surface area contributed by atoms with Crippen LogP contribution in [0.5, 0.6) is 0 Å². The van der Waals surface area contributed by atoms with Gasteiger partial charge < -0.3 is 10.4 Å². The van der Waals surface area contributed by atoms with E-state index < -0.39 is 27.9 Å². The molecule has 1 aromatic carbocycles. The van der Waals surface area contributed by atoms with Gasteiger partial charge in [-0.25, -0.2) is 17.9 Å². The summed E-state index contributed by atoms with van der Waals surface area (Å²) in [5.41, 5.74) is 0.115. The highest BCUT2D eigenvalue weighted by Gasteiger charge is 2.28. The third-order valence-electron chi connectivity index (χ3n) is 3.62. The van der Waals surface area contributed by atoms with E-state index in [1.54, 1.807) is 0 Å². The van der Waals surface area contributed by atoms with Crippen LogP contribution in [0.2, 0.25) is 0 Å². The SMILES string of the molecule is CC(C)C[C@H](NC(=O)c1cccc(S(=O)(=O)NC2CC2)c1)C(=O)O. The number of rotatable bonds is 8. The second kappa shape index (κ2) is 7.31. The average Bonchev–Trinajstić information content (AvgIpc) is 3.29. The lowest BCUT2D eigenvalue weighted by atomic mass is 10.0. The van der Waals surface area contributed by atoms with E-state index in [-0.39, 0.29) is 22.4 Å². The van der Waals surface area contributed by atoms with Crippen molar-refractivity contribution in [3.63, 3.8) is 0 Å². The molecule has 0 bridgehead atoms. The van der Waals surface area contributed by atoms with Crippen molar-refractivity contribution in [2.24, 2.45) is 5.92 Å². The molecule has 2 rings (SSSR count). The highest BCUT2D eigenvalue weighted by atomic mass is 32.2. The number of sulfonamides is 1. The van der Waals surface area contributed by atoms with Gasteiger partial charge in [0.05, 0.1) is 4.90 Å². The molecule has 0 heterocycles. The molecule has 1 fully saturated rings. The molecule has 1 aliphatic rings. The van der Waals surface area contributed by atoms with Gasteiger partial charge in [-0.05, 0) is 43.4 Å². The number of carbonyl (C=O) groups excluding carboxylic acids is 1. The predicted octanol–water partition coefficient (Wildman–Crippen LogP) is 1.36. The van der Waals surface area contributed by atoms with Crippen LogP contribution >= 0.6 is 0 Å². The Balaban J connectivity index is 2.14. The van der Waals surface area contributed by atoms with Crippen molar-refractivity contribution in [2.75, 3.05) is 0 Å². The van der Waals surface area contributed by atoms with E-state index in [4.69, 9.17) is 0 Å². The van der Waals surface area contributed by atoms with Gasteiger partial charge in [0.25, 0.3) is 5.91 Å². The fraction of sp³-hybridized carbons (Fsp3) is 0.500. The summed E-state index contributed by atoms with van der Waals surface area (Å²) in [4.78, 5) is 23.5. The molecule has 1 aromatic rings. The first-order valence-corrected chi connectivity index (χ1v) is 9.33. The maximum absolute atomic E-state index is 12.3. The molecule has 0 spiro atoms. The van der Waals surface area contributed by atoms with Crippen molar-refractivity contribution in [1.29, 1.82) is 0 Å². The first kappa shape index (κ1) is 18.4. The number of aliphatic carboxylic acids is 1. The molecule has 132 valence electrons. The van der Waals surface area contributed by atoms with Crippen LogP contribution < -0.4 is 10.0 Å². The molecule has 0 unspecified atom stereocenters. The van der Waals surface area contributed by atoms with Crippen LogP contribution in [0.25, 0.3) is 0 Å². The van der Waals surface area contributed by atoms with Gasteiger partial charge in [-0.3, -0.25) is 4.79 Å². The Labute approximate surface area is 141 Å². The van der Waals surface area contributed by atoms with E-state index in [2.05, 4.69) is 10.0 Å². The quantitative estimate of drug-likeness (QED) is 0.652. The Kier molecular flexibility index (Phi) is 5.61. The number of amides is 1. The third-order valence-corrected chi connectivity index (χ3v) is 5.13. The standard InChI is InChI=1S/C16H22N2O5S/c1-10(2)8-14(16(20)21)17-15(19)11-4-3-5-13(9-11)24(22,23)18-12-6-7-12/h3-5,9-10,12,14,18H,6-8H2,1-2H3,(H,17,19)(H,20,21)/t14-/m0/s1. The van der Waals surface area contributed by atoms with Crippen LogP contribution in [0.15, 0.2) is 29.2 Å². The lowest BCUT2D eigenvalue weighted by molar-refractivity contribution is -0.139. The molecule has 0 aromatic heterocycles. The minimum atomic E-state index is -3.66. The average molecular weight is 354 g/mol. The fourth-order valence-electron chi connectivity index (χ4n) is 2.23. The number of benzene rings is 1. The highest BCUT2D eigenvalue weighted by molar-refractivity contribution is 7.89. The van der Waals surface area contributed by atoms with Gasteiger partial charge in [-0.15, -0.1) is 0 Å². The zero-order valence-electron chi connectivity index (χ0n) is 13.7. The summed E-state index contributed by atoms with van der Waals surface area (Å²) in [7, 11) is -3.66. The lowest BCUT2D eigenvalue weighted by Gasteiger charge is -2.16. The first-order chi connectivity index (χ1) is 11.2. The molecule has 7 nitrogen and oxygen atoms in total. The van der Waals surface area contributed by atoms with Crippen molar-refractivity contribution >= 4 is 21.9 Å². The summed E-state index contributed by atoms with van der Waals surface area (Å²) in [6.45, 7) is 3.72. The van der Waals surface area contributed by atoms with Crippen LogP contribution in [0.3, 0.4) is 0 Å². The second-order valence-electron chi connectivity index (χ2n) is 6.42. The van der Waals surface area contributed by atoms with Crippen LogP contribution in [0.1, 0.15) is 43.5 Å². The highest BCUT2D eigenvalue weighted by Crippen LogP contribution is 2.22. The van der Waals surface area contributed by atoms with Gasteiger partial charge in [0, 0.05) is 11.6 Å². The monoisotopic (exact) mass is 354 g/mol. The largest absolute Gasteiger partial charge is 0.480 e. The van der Waals surface area contributed by atoms with Crippen LogP contribution in [-0.2, 0) is 14.8 Å². The molecule has 1 atom stereocenters. The van der Waals surface area contributed by atoms with E-state index in [1.165, 1.54) is 24.3 Å². The summed E-state index contributed by atoms with van der Waals surface area (Å²) in [6.07, 6.45) is 1.92. The molecule has 0 saturated heterocycles. The molecule has 3 N–H and O–H groups in total. The molecule has 8 heteroatoms. The first-order valence-electron chi connectivity index (χ1n) is 7.85. The van der Waals surface area contributed by atoms with Crippen molar-refractivity contribution in [3.8, 4) is 0 Å². The van der Waals surface area contributed by atoms with Crippen molar-refractivity contribution in [3.05, 3.63) is 29.8 Å². The third kappa shape index (κ3) is 5.04. The van der Waals surface area contributed by atoms with E-state index in [0.29, 0.717) is 6.42 Å². The van der Waals surface area contributed by atoms with Gasteiger partial charge in [0.1, 0.15) is 6.04 Å². The van der Waals surface area contributed by atoms with E-state index >= 15 is 0 Å². The lowest BCUT2D eigenvalue weighted by Crippen LogP contribution is -2.41. The zero-order chi connectivity index (χ0) is 17.9. The van der Waals surface area contributed by atoms with Crippen LogP contribution in [0.4, 0.5) is 0 Å². The molecular formula is C16H22N2O5S. The smallest absolute Gasteiger partial charge is 0.326 e. The number of carbonyl (C=O) groups is 2. The number of hydrogen-bond acceptors (Lipinski definition) is 4. The summed E-state index contributed by atoms with van der Waals surface area (Å²) in [5.74, 6) is -1.62. The molecule has 24 heavy (non-hydrogen) atoms. The molecular weight excluding hydrogens is 332 g/mol. The Bertz CT molecular complexity index is 726. The maximum Gasteiger partial charge on any atom is 0.326 e. The van der Waals surface area contributed by atoms with Crippen molar-refractivity contribution < 1.29 is 23.1 Å². The summed E-state index contributed by atoms with van der Waals surface area (Å²) in [6, 6.07) is 4.55. The molecule has 0 radical (unpaired) electrons. The Morgan fingerprint density at radius 2 is 1.96 bits per heavy atom. The van der Waals surface area contributed by atoms with Gasteiger partial charge in [0.2, 0.25) is 10.0 Å². The van der Waals surface area contributed by atoms with Crippen LogP contribution in [-0.4, -0.2) is 37.5 Å². The molecule has 1 saturated carbocycles. The summed E-state index contributed by atoms with van der Waals surface area (Å²) >= 11 is 0. The molecule has 0 aliphatic heterocycles. The second-order valence-corrected chi connectivity index (χ2v) is 8.13. The van der Waals surface area contributed by atoms with E-state index in [9.17, 15) is 23.1 Å². The summed E-state index contributed by atoms with van der Waals surface area (Å²) in [5, 5.41) is 11.6.